The van der Waals surface area contributed by atoms with E-state index in [0.717, 1.165) is 0 Å². The molecule has 4 aromatic rings. The normalized spacial score (nSPS) is 16.4. The van der Waals surface area contributed by atoms with Gasteiger partial charge in [0.1, 0.15) is 11.6 Å². The minimum absolute atomic E-state index is 0.277. The number of barbiturate groups is 1. The molecule has 11 nitrogen and oxygen atoms in total. The minimum Gasteiger partial charge on any atom is -0.439 e. The number of urea groups is 1. The third kappa shape index (κ3) is 4.01. The van der Waals surface area contributed by atoms with Gasteiger partial charge in [-0.2, -0.15) is 0 Å². The zero-order chi connectivity index (χ0) is 26.3. The Morgan fingerprint density at radius 2 is 1.50 bits per heavy atom. The summed E-state index contributed by atoms with van der Waals surface area (Å²) in [6.07, 6.45) is 2.40. The number of rotatable bonds is 5. The van der Waals surface area contributed by atoms with Crippen LogP contribution < -0.4 is 20.3 Å². The van der Waals surface area contributed by atoms with Gasteiger partial charge in [0.15, 0.2) is 5.54 Å². The lowest BCUT2D eigenvalue weighted by Gasteiger charge is -2.38. The highest BCUT2D eigenvalue weighted by molar-refractivity contribution is 6.24. The summed E-state index contributed by atoms with van der Waals surface area (Å²) in [5.41, 5.74) is 0.346. The Labute approximate surface area is 214 Å². The number of hydrogen-bond acceptors (Lipinski definition) is 9. The summed E-state index contributed by atoms with van der Waals surface area (Å²) in [7, 11) is 0. The molecule has 0 aliphatic carbocycles. The fraction of sp³-hybridized carbons (Fsp3) is 0.154. The molecule has 4 amide bonds. The first-order valence-corrected chi connectivity index (χ1v) is 11.7. The van der Waals surface area contributed by atoms with Crippen LogP contribution in [0.1, 0.15) is 12.8 Å². The maximum atomic E-state index is 13.1. The summed E-state index contributed by atoms with van der Waals surface area (Å²) in [5.74, 6) is -0.247. The Bertz CT molecular complexity index is 1520. The van der Waals surface area contributed by atoms with Gasteiger partial charge in [-0.25, -0.2) is 14.2 Å². The van der Waals surface area contributed by atoms with E-state index in [4.69, 9.17) is 9.15 Å². The smallest absolute Gasteiger partial charge is 0.328 e. The van der Waals surface area contributed by atoms with E-state index >= 15 is 0 Å². The van der Waals surface area contributed by atoms with Gasteiger partial charge in [0.2, 0.25) is 17.7 Å². The second kappa shape index (κ2) is 9.07. The molecule has 0 radical (unpaired) electrons. The molecule has 0 saturated carbocycles. The number of carbonyl (C=O) groups is 3. The zero-order valence-corrected chi connectivity index (χ0v) is 19.7. The number of benzene rings is 2. The number of pyridine rings is 1. The van der Waals surface area contributed by atoms with Crippen molar-refractivity contribution in [1.29, 1.82) is 0 Å². The lowest BCUT2D eigenvalue weighted by atomic mass is 9.92. The average Bonchev–Trinajstić information content (AvgIpc) is 3.58. The molecule has 6 rings (SSSR count). The van der Waals surface area contributed by atoms with Crippen molar-refractivity contribution in [3.8, 4) is 34.5 Å². The van der Waals surface area contributed by atoms with Gasteiger partial charge < -0.3 is 14.1 Å². The van der Waals surface area contributed by atoms with Crippen molar-refractivity contribution in [3.63, 3.8) is 0 Å². The maximum absolute atomic E-state index is 13.1. The zero-order valence-electron chi connectivity index (χ0n) is 19.7. The Balaban J connectivity index is 1.15. The molecule has 12 heteroatoms. The van der Waals surface area contributed by atoms with Gasteiger partial charge in [-0.1, -0.05) is 0 Å². The Morgan fingerprint density at radius 3 is 2.11 bits per heavy atom. The highest BCUT2D eigenvalue weighted by Gasteiger charge is 2.57. The highest BCUT2D eigenvalue weighted by Crippen LogP contribution is 2.36. The summed E-state index contributed by atoms with van der Waals surface area (Å²) in [5, 5.41) is 12.4. The predicted molar refractivity (Wildman–Crippen MR) is 130 cm³/mol. The van der Waals surface area contributed by atoms with Crippen LogP contribution in [0, 0.1) is 5.82 Å². The first-order valence-electron chi connectivity index (χ1n) is 11.7. The molecule has 4 heterocycles. The topological polar surface area (TPSA) is 140 Å². The van der Waals surface area contributed by atoms with Crippen LogP contribution in [-0.2, 0) is 9.59 Å². The lowest BCUT2D eigenvalue weighted by molar-refractivity contribution is -0.137. The highest BCUT2D eigenvalue weighted by atomic mass is 19.1. The number of aromatic nitrogens is 3. The summed E-state index contributed by atoms with van der Waals surface area (Å²) in [4.78, 5) is 42.8. The number of nitrogens with one attached hydrogen (secondary N) is 2. The Hall–Kier alpha value is -5.13. The van der Waals surface area contributed by atoms with Crippen LogP contribution in [-0.4, -0.2) is 45.1 Å². The molecule has 2 fully saturated rings. The third-order valence-corrected chi connectivity index (χ3v) is 6.46. The predicted octanol–water partition coefficient (Wildman–Crippen LogP) is 3.44. The Morgan fingerprint density at radius 1 is 0.868 bits per heavy atom. The number of nitrogens with zero attached hydrogens (tertiary/aromatic N) is 4. The van der Waals surface area contributed by atoms with Crippen LogP contribution in [0.2, 0.25) is 0 Å². The van der Waals surface area contributed by atoms with Crippen LogP contribution in [0.4, 0.5) is 14.9 Å². The average molecular weight is 514 g/mol. The van der Waals surface area contributed by atoms with E-state index in [1.807, 2.05) is 0 Å². The molecule has 2 aromatic carbocycles. The molecule has 0 bridgehead atoms. The number of ether oxygens (including phenoxy) is 1. The van der Waals surface area contributed by atoms with Crippen LogP contribution in [0.25, 0.3) is 22.9 Å². The standard InChI is InChI=1S/C26H19FN6O5/c27-17-6-2-15(3-7-17)21-31-32-22(38-21)16-4-9-19(10-5-16)37-20-11-8-18(14-28-20)33-13-1-12-26(33)23(34)29-25(36)30-24(26)35/h2-11,14H,1,12-13H2,(H2,29,30,34,35,36). The molecule has 2 aliphatic heterocycles. The number of hydrogen-bond donors (Lipinski definition) is 2. The van der Waals surface area contributed by atoms with Crippen molar-refractivity contribution in [2.75, 3.05) is 11.4 Å². The first kappa shape index (κ1) is 23.3. The van der Waals surface area contributed by atoms with Crippen LogP contribution in [0.3, 0.4) is 0 Å². The third-order valence-electron chi connectivity index (χ3n) is 6.46. The molecular weight excluding hydrogens is 495 g/mol. The van der Waals surface area contributed by atoms with Gasteiger partial charge in [0, 0.05) is 23.7 Å². The molecule has 0 unspecified atom stereocenters. The van der Waals surface area contributed by atoms with Crippen molar-refractivity contribution >= 4 is 23.5 Å². The summed E-state index contributed by atoms with van der Waals surface area (Å²) >= 11 is 0. The largest absolute Gasteiger partial charge is 0.439 e. The Kier molecular flexibility index (Phi) is 5.56. The van der Waals surface area contributed by atoms with E-state index in [9.17, 15) is 18.8 Å². The van der Waals surface area contributed by atoms with E-state index in [1.54, 1.807) is 53.4 Å². The van der Waals surface area contributed by atoms with Crippen LogP contribution in [0.5, 0.6) is 11.6 Å². The van der Waals surface area contributed by atoms with E-state index < -0.39 is 23.4 Å². The van der Waals surface area contributed by atoms with Crippen molar-refractivity contribution in [1.82, 2.24) is 25.8 Å². The van der Waals surface area contributed by atoms with Gasteiger partial charge in [-0.15, -0.1) is 10.2 Å². The summed E-state index contributed by atoms with van der Waals surface area (Å²) < 4.78 is 24.7. The number of halogens is 1. The number of anilines is 1. The van der Waals surface area contributed by atoms with E-state index in [1.165, 1.54) is 18.3 Å². The van der Waals surface area contributed by atoms with Crippen molar-refractivity contribution in [2.24, 2.45) is 0 Å². The molecular formula is C26H19FN6O5. The maximum Gasteiger partial charge on any atom is 0.328 e. The van der Waals surface area contributed by atoms with Crippen molar-refractivity contribution < 1.29 is 27.9 Å². The van der Waals surface area contributed by atoms with Crippen LogP contribution >= 0.6 is 0 Å². The molecule has 190 valence electrons. The SMILES string of the molecule is O=C1NC(=O)C2(CCCN2c2ccc(Oc3ccc(-c4nnc(-c5ccc(F)cc5)o4)cc3)nc2)C(=O)N1. The molecule has 2 aliphatic rings. The van der Waals surface area contributed by atoms with Gasteiger partial charge in [-0.3, -0.25) is 20.2 Å². The minimum atomic E-state index is -1.49. The second-order valence-corrected chi connectivity index (χ2v) is 8.75. The lowest BCUT2D eigenvalue weighted by Crippen LogP contribution is -2.71. The molecule has 2 aromatic heterocycles. The van der Waals surface area contributed by atoms with Crippen molar-refractivity contribution in [2.45, 2.75) is 18.4 Å². The van der Waals surface area contributed by atoms with E-state index in [0.29, 0.717) is 47.3 Å². The molecule has 0 atom stereocenters. The summed E-state index contributed by atoms with van der Waals surface area (Å²) in [6.45, 7) is 0.455. The quantitative estimate of drug-likeness (QED) is 0.383. The molecule has 38 heavy (non-hydrogen) atoms. The van der Waals surface area contributed by atoms with E-state index in [2.05, 4.69) is 25.8 Å². The monoisotopic (exact) mass is 514 g/mol. The van der Waals surface area contributed by atoms with E-state index in [-0.39, 0.29) is 18.1 Å². The first-order chi connectivity index (χ1) is 18.4. The summed E-state index contributed by atoms with van der Waals surface area (Å²) in [6, 6.07) is 15.2. The number of carbonyl (C=O) groups excluding carboxylic acids is 3. The van der Waals surface area contributed by atoms with Gasteiger partial charge >= 0.3 is 6.03 Å². The fourth-order valence-corrected chi connectivity index (χ4v) is 4.62. The van der Waals surface area contributed by atoms with Gasteiger partial charge in [0.25, 0.3) is 11.8 Å². The number of amides is 4. The van der Waals surface area contributed by atoms with Crippen LogP contribution in [0.15, 0.2) is 71.3 Å². The van der Waals surface area contributed by atoms with Gasteiger partial charge in [-0.05, 0) is 67.4 Å². The molecule has 2 saturated heterocycles. The van der Waals surface area contributed by atoms with Gasteiger partial charge in [0.05, 0.1) is 11.9 Å². The molecule has 2 N–H and O–H groups in total. The molecule has 1 spiro atoms. The fourth-order valence-electron chi connectivity index (χ4n) is 4.62. The van der Waals surface area contributed by atoms with Crippen molar-refractivity contribution in [3.05, 3.63) is 72.7 Å². The number of imide groups is 2. The second-order valence-electron chi connectivity index (χ2n) is 8.75.